The molecule has 7 heteroatoms. The van der Waals surface area contributed by atoms with Crippen LogP contribution in [-0.4, -0.2) is 29.9 Å². The molecule has 2 aromatic rings. The second kappa shape index (κ2) is 9.34. The van der Waals surface area contributed by atoms with Crippen molar-refractivity contribution in [3.63, 3.8) is 0 Å². The number of guanidine groups is 1. The molecule has 1 aromatic heterocycles. The van der Waals surface area contributed by atoms with Gasteiger partial charge in [0.05, 0.1) is 11.9 Å². The number of carbonyl (C=O) groups is 1. The van der Waals surface area contributed by atoms with Crippen LogP contribution in [0.1, 0.15) is 29.8 Å². The van der Waals surface area contributed by atoms with Crippen LogP contribution < -0.4 is 16.0 Å². The molecule has 2 rings (SSSR count). The molecule has 0 bridgehead atoms. The Morgan fingerprint density at radius 1 is 1.22 bits per heavy atom. The van der Waals surface area contributed by atoms with Gasteiger partial charge < -0.3 is 16.0 Å². The van der Waals surface area contributed by atoms with Gasteiger partial charge in [-0.1, -0.05) is 31.5 Å². The summed E-state index contributed by atoms with van der Waals surface area (Å²) in [5.41, 5.74) is 2.16. The van der Waals surface area contributed by atoms with Gasteiger partial charge in [-0.2, -0.15) is 5.26 Å². The molecule has 0 aliphatic heterocycles. The molecule has 0 aliphatic rings. The van der Waals surface area contributed by atoms with Gasteiger partial charge in [-0.3, -0.25) is 9.78 Å². The number of nitriles is 1. The Balaban J connectivity index is 1.89. The van der Waals surface area contributed by atoms with Crippen molar-refractivity contribution in [1.29, 1.82) is 5.26 Å². The Morgan fingerprint density at radius 2 is 2.00 bits per heavy atom. The van der Waals surface area contributed by atoms with Crippen LogP contribution in [0, 0.1) is 23.8 Å². The smallest absolute Gasteiger partial charge is 0.251 e. The zero-order chi connectivity index (χ0) is 19.7. The van der Waals surface area contributed by atoms with Crippen LogP contribution in [0.25, 0.3) is 0 Å². The van der Waals surface area contributed by atoms with Gasteiger partial charge in [0.25, 0.3) is 5.91 Å². The minimum atomic E-state index is -0.258. The van der Waals surface area contributed by atoms with Crippen LogP contribution in [0.2, 0.25) is 0 Å². The third-order valence-corrected chi connectivity index (χ3v) is 3.83. The highest BCUT2D eigenvalue weighted by molar-refractivity contribution is 5.94. The fraction of sp³-hybridized carbons (Fsp3) is 0.300. The Hall–Kier alpha value is -3.40. The summed E-state index contributed by atoms with van der Waals surface area (Å²) in [7, 11) is 0. The van der Waals surface area contributed by atoms with Crippen molar-refractivity contribution in [2.24, 2.45) is 10.4 Å². The molecule has 0 spiro atoms. The largest absolute Gasteiger partial charge is 0.355 e. The lowest BCUT2D eigenvalue weighted by molar-refractivity contribution is 0.0937. The molecular weight excluding hydrogens is 340 g/mol. The molecule has 140 valence electrons. The Bertz CT molecular complexity index is 839. The molecule has 1 heterocycles. The molecule has 0 unspecified atom stereocenters. The molecule has 3 N–H and O–H groups in total. The Kier molecular flexibility index (Phi) is 6.89. The van der Waals surface area contributed by atoms with Crippen LogP contribution >= 0.6 is 0 Å². The van der Waals surface area contributed by atoms with Crippen molar-refractivity contribution in [1.82, 2.24) is 15.6 Å². The number of anilines is 1. The van der Waals surface area contributed by atoms with E-state index < -0.39 is 0 Å². The first kappa shape index (κ1) is 19.9. The number of hydrogen-bond donors (Lipinski definition) is 3. The number of rotatable bonds is 6. The van der Waals surface area contributed by atoms with E-state index in [-0.39, 0.29) is 11.3 Å². The van der Waals surface area contributed by atoms with Gasteiger partial charge in [0.2, 0.25) is 12.2 Å². The van der Waals surface area contributed by atoms with E-state index in [4.69, 9.17) is 5.26 Å². The first-order valence-corrected chi connectivity index (χ1v) is 8.62. The summed E-state index contributed by atoms with van der Waals surface area (Å²) in [6.45, 7) is 6.97. The highest BCUT2D eigenvalue weighted by Crippen LogP contribution is 2.13. The van der Waals surface area contributed by atoms with Crippen molar-refractivity contribution in [3.8, 4) is 6.19 Å². The molecule has 0 aliphatic carbocycles. The quantitative estimate of drug-likeness (QED) is 0.415. The lowest BCUT2D eigenvalue weighted by Crippen LogP contribution is -2.43. The second-order valence-corrected chi connectivity index (χ2v) is 7.00. The van der Waals surface area contributed by atoms with E-state index in [1.807, 2.05) is 45.0 Å². The second-order valence-electron chi connectivity index (χ2n) is 7.00. The number of aromatic nitrogens is 1. The Labute approximate surface area is 159 Å². The summed E-state index contributed by atoms with van der Waals surface area (Å²) < 4.78 is 0. The summed E-state index contributed by atoms with van der Waals surface area (Å²) in [5.74, 6) is 0.231. The number of pyridine rings is 1. The molecule has 7 nitrogen and oxygen atoms in total. The van der Waals surface area contributed by atoms with Crippen LogP contribution in [0.3, 0.4) is 0 Å². The van der Waals surface area contributed by atoms with Crippen LogP contribution in [0.5, 0.6) is 0 Å². The highest BCUT2D eigenvalue weighted by atomic mass is 16.1. The SMILES string of the molecule is Cc1cccc(C(=O)NCC(C)(C)CNC(=NC#N)Nc2cccnc2)c1. The summed E-state index contributed by atoms with van der Waals surface area (Å²) in [4.78, 5) is 20.1. The minimum Gasteiger partial charge on any atom is -0.355 e. The number of hydrogen-bond acceptors (Lipinski definition) is 4. The summed E-state index contributed by atoms with van der Waals surface area (Å²) in [5, 5.41) is 18.0. The van der Waals surface area contributed by atoms with Crippen LogP contribution in [-0.2, 0) is 0 Å². The maximum atomic E-state index is 12.3. The number of nitrogens with one attached hydrogen (secondary N) is 3. The molecule has 27 heavy (non-hydrogen) atoms. The predicted molar refractivity (Wildman–Crippen MR) is 106 cm³/mol. The van der Waals surface area contributed by atoms with Gasteiger partial charge in [0.15, 0.2) is 0 Å². The zero-order valence-corrected chi connectivity index (χ0v) is 15.8. The number of aryl methyl sites for hydroxylation is 1. The molecule has 0 saturated carbocycles. The number of aliphatic imine (C=N–C) groups is 1. The molecule has 0 atom stereocenters. The van der Waals surface area contributed by atoms with Crippen molar-refractivity contribution in [2.45, 2.75) is 20.8 Å². The van der Waals surface area contributed by atoms with Gasteiger partial charge in [-0.05, 0) is 36.6 Å². The van der Waals surface area contributed by atoms with Gasteiger partial charge in [-0.25, -0.2) is 0 Å². The zero-order valence-electron chi connectivity index (χ0n) is 15.8. The standard InChI is InChI=1S/C20H24N6O/c1-15-6-4-7-16(10-15)18(27)23-12-20(2,3)13-24-19(25-14-21)26-17-8-5-9-22-11-17/h4-11H,12-13H2,1-3H3,(H,23,27)(H2,24,25,26). The van der Waals surface area contributed by atoms with E-state index in [1.54, 1.807) is 30.7 Å². The van der Waals surface area contributed by atoms with Crippen molar-refractivity contribution in [3.05, 3.63) is 59.9 Å². The van der Waals surface area contributed by atoms with Crippen molar-refractivity contribution < 1.29 is 4.79 Å². The minimum absolute atomic E-state index is 0.105. The van der Waals surface area contributed by atoms with Gasteiger partial charge in [0.1, 0.15) is 0 Å². The normalized spacial score (nSPS) is 11.4. The third-order valence-electron chi connectivity index (χ3n) is 3.83. The average molecular weight is 364 g/mol. The van der Waals surface area contributed by atoms with E-state index in [2.05, 4.69) is 25.9 Å². The first-order chi connectivity index (χ1) is 12.9. The van der Waals surface area contributed by atoms with Crippen LogP contribution in [0.4, 0.5) is 5.69 Å². The number of nitrogens with zero attached hydrogens (tertiary/aromatic N) is 3. The maximum Gasteiger partial charge on any atom is 0.251 e. The summed E-state index contributed by atoms with van der Waals surface area (Å²) in [6.07, 6.45) is 5.08. The van der Waals surface area contributed by atoms with Crippen molar-refractivity contribution >= 4 is 17.6 Å². The molecule has 0 radical (unpaired) electrons. The van der Waals surface area contributed by atoms with Gasteiger partial charge in [-0.15, -0.1) is 4.99 Å². The molecule has 0 fully saturated rings. The number of amides is 1. The van der Waals surface area contributed by atoms with E-state index in [1.165, 1.54) is 0 Å². The summed E-state index contributed by atoms with van der Waals surface area (Å²) in [6, 6.07) is 11.1. The summed E-state index contributed by atoms with van der Waals surface area (Å²) >= 11 is 0. The van der Waals surface area contributed by atoms with E-state index >= 15 is 0 Å². The van der Waals surface area contributed by atoms with Gasteiger partial charge in [0, 0.05) is 24.8 Å². The first-order valence-electron chi connectivity index (χ1n) is 8.62. The fourth-order valence-corrected chi connectivity index (χ4v) is 2.33. The third kappa shape index (κ3) is 6.78. The van der Waals surface area contributed by atoms with E-state index in [0.29, 0.717) is 24.6 Å². The van der Waals surface area contributed by atoms with Crippen LogP contribution in [0.15, 0.2) is 53.8 Å². The topological polar surface area (TPSA) is 102 Å². The lowest BCUT2D eigenvalue weighted by atomic mass is 9.93. The monoisotopic (exact) mass is 364 g/mol. The fourth-order valence-electron chi connectivity index (χ4n) is 2.33. The van der Waals surface area contributed by atoms with E-state index in [9.17, 15) is 4.79 Å². The lowest BCUT2D eigenvalue weighted by Gasteiger charge is -2.26. The highest BCUT2D eigenvalue weighted by Gasteiger charge is 2.20. The van der Waals surface area contributed by atoms with Crippen molar-refractivity contribution in [2.75, 3.05) is 18.4 Å². The number of benzene rings is 1. The number of carbonyl (C=O) groups excluding carboxylic acids is 1. The predicted octanol–water partition coefficient (Wildman–Crippen LogP) is 2.68. The van der Waals surface area contributed by atoms with Gasteiger partial charge >= 0.3 is 0 Å². The molecule has 1 amide bonds. The average Bonchev–Trinajstić information content (AvgIpc) is 2.65. The van der Waals surface area contributed by atoms with E-state index in [0.717, 1.165) is 11.3 Å². The molecular formula is C20H24N6O. The Morgan fingerprint density at radius 3 is 2.67 bits per heavy atom. The molecule has 0 saturated heterocycles. The maximum absolute atomic E-state index is 12.3. The molecule has 1 aromatic carbocycles.